The molecule has 7 N–H and O–H groups in total. The number of primary amides is 1. The molecule has 56 heavy (non-hydrogen) atoms. The zero-order valence-electron chi connectivity index (χ0n) is 32.7. The number of amides is 5. The second-order valence-corrected chi connectivity index (χ2v) is 14.7. The van der Waals surface area contributed by atoms with Crippen LogP contribution in [0.5, 0.6) is 0 Å². The standard InChI is InChI=1S/C41H55N7O8/c1-6-25(4)36(40(54)46-35(24(2)3)41(55)56-5)47-39(53)32-17-12-20-48(32)23-33(49)30(21-26-13-8-7-9-14-26)44-38(52)31(22-34(42)50)45-37(51)29-19-18-27-15-10-11-16-28(27)43-29/h7-11,13-16,18-19,24-25,30-33,35-36,49H,6,12,17,20-23H2,1-5H3,(H2,42,50)(H,44,52)(H,45,51)(H,46,54)(H,47,53)/t25?,30-,31?,32?,33?,35?,36?/m0/s1. The molecule has 5 amide bonds. The number of likely N-dealkylation sites (tertiary alicyclic amines) is 1. The van der Waals surface area contributed by atoms with Gasteiger partial charge in [0.2, 0.25) is 23.6 Å². The highest BCUT2D eigenvalue weighted by molar-refractivity contribution is 5.99. The molecule has 302 valence electrons. The minimum Gasteiger partial charge on any atom is -0.467 e. The Labute approximate surface area is 327 Å². The number of hydrogen-bond donors (Lipinski definition) is 6. The van der Waals surface area contributed by atoms with Crippen LogP contribution < -0.4 is 27.0 Å². The molecule has 4 rings (SSSR count). The second kappa shape index (κ2) is 20.5. The number of aliphatic hydroxyl groups excluding tert-OH is 1. The summed E-state index contributed by atoms with van der Waals surface area (Å²) >= 11 is 0. The van der Waals surface area contributed by atoms with Crippen LogP contribution in [0.1, 0.15) is 69.4 Å². The quantitative estimate of drug-likeness (QED) is 0.0967. The molecule has 1 saturated heterocycles. The lowest BCUT2D eigenvalue weighted by Gasteiger charge is -2.33. The van der Waals surface area contributed by atoms with E-state index < -0.39 is 78.2 Å². The van der Waals surface area contributed by atoms with Gasteiger partial charge in [-0.15, -0.1) is 0 Å². The van der Waals surface area contributed by atoms with E-state index in [1.807, 2.05) is 61.2 Å². The first kappa shape index (κ1) is 43.3. The molecule has 6 unspecified atom stereocenters. The van der Waals surface area contributed by atoms with Gasteiger partial charge in [0, 0.05) is 11.9 Å². The largest absolute Gasteiger partial charge is 0.467 e. The van der Waals surface area contributed by atoms with Crippen molar-refractivity contribution < 1.29 is 38.6 Å². The van der Waals surface area contributed by atoms with Crippen LogP contribution in [0.3, 0.4) is 0 Å². The number of carbonyl (C=O) groups is 6. The third-order valence-electron chi connectivity index (χ3n) is 10.2. The van der Waals surface area contributed by atoms with E-state index in [9.17, 15) is 33.9 Å². The molecule has 15 nitrogen and oxygen atoms in total. The summed E-state index contributed by atoms with van der Waals surface area (Å²) in [6, 6.07) is 14.9. The fourth-order valence-electron chi connectivity index (χ4n) is 6.80. The summed E-state index contributed by atoms with van der Waals surface area (Å²) in [5, 5.41) is 23.6. The van der Waals surface area contributed by atoms with Crippen molar-refractivity contribution in [2.45, 2.75) is 96.1 Å². The molecule has 1 fully saturated rings. The summed E-state index contributed by atoms with van der Waals surface area (Å²) in [4.78, 5) is 85.1. The number of aromatic nitrogens is 1. The molecule has 1 aliphatic rings. The number of carbonyl (C=O) groups excluding carboxylic acids is 6. The van der Waals surface area contributed by atoms with E-state index in [-0.39, 0.29) is 30.5 Å². The van der Waals surface area contributed by atoms with E-state index >= 15 is 0 Å². The smallest absolute Gasteiger partial charge is 0.328 e. The van der Waals surface area contributed by atoms with Crippen LogP contribution in [0, 0.1) is 11.8 Å². The third kappa shape index (κ3) is 11.8. The monoisotopic (exact) mass is 773 g/mol. The Morgan fingerprint density at radius 1 is 0.893 bits per heavy atom. The molecular formula is C41H55N7O8. The van der Waals surface area contributed by atoms with Gasteiger partial charge in [0.25, 0.3) is 5.91 Å². The number of para-hydroxylation sites is 1. The number of hydrogen-bond acceptors (Lipinski definition) is 10. The number of esters is 1. The lowest BCUT2D eigenvalue weighted by molar-refractivity contribution is -0.147. The van der Waals surface area contributed by atoms with Gasteiger partial charge in [-0.05, 0) is 55.3 Å². The molecule has 7 atom stereocenters. The van der Waals surface area contributed by atoms with E-state index in [0.29, 0.717) is 31.3 Å². The zero-order valence-corrected chi connectivity index (χ0v) is 32.7. The number of pyridine rings is 1. The molecule has 0 bridgehead atoms. The van der Waals surface area contributed by atoms with Crippen molar-refractivity contribution in [3.63, 3.8) is 0 Å². The number of nitrogens with one attached hydrogen (secondary N) is 4. The Balaban J connectivity index is 1.50. The van der Waals surface area contributed by atoms with E-state index in [0.717, 1.165) is 10.9 Å². The van der Waals surface area contributed by atoms with Gasteiger partial charge in [-0.25, -0.2) is 9.78 Å². The first-order valence-corrected chi connectivity index (χ1v) is 19.1. The van der Waals surface area contributed by atoms with Gasteiger partial charge >= 0.3 is 5.97 Å². The molecule has 1 aromatic heterocycles. The van der Waals surface area contributed by atoms with Gasteiger partial charge in [0.1, 0.15) is 23.8 Å². The summed E-state index contributed by atoms with van der Waals surface area (Å²) in [5.74, 6) is -4.23. The van der Waals surface area contributed by atoms with Crippen LogP contribution in [0.2, 0.25) is 0 Å². The highest BCUT2D eigenvalue weighted by Gasteiger charge is 2.38. The summed E-state index contributed by atoms with van der Waals surface area (Å²) in [6.07, 6.45) is 0.169. The third-order valence-corrected chi connectivity index (χ3v) is 10.2. The minimum absolute atomic E-state index is 0.0122. The SMILES string of the molecule is CCC(C)C(NC(=O)C1CCCN1CC(O)[C@H](Cc1ccccc1)NC(=O)C(CC(N)=O)NC(=O)c1ccc2ccccc2n1)C(=O)NC(C(=O)OC)C(C)C. The number of nitrogens with two attached hydrogens (primary N) is 1. The van der Waals surface area contributed by atoms with Crippen molar-refractivity contribution in [2.75, 3.05) is 20.2 Å². The summed E-state index contributed by atoms with van der Waals surface area (Å²) in [6.45, 7) is 7.76. The molecule has 2 heterocycles. The fraction of sp³-hybridized carbons (Fsp3) is 0.488. The zero-order chi connectivity index (χ0) is 40.9. The number of fused-ring (bicyclic) bond motifs is 1. The van der Waals surface area contributed by atoms with Crippen molar-refractivity contribution in [1.82, 2.24) is 31.2 Å². The van der Waals surface area contributed by atoms with Gasteiger partial charge < -0.3 is 36.8 Å². The molecule has 15 heteroatoms. The van der Waals surface area contributed by atoms with Gasteiger partial charge in [0.05, 0.1) is 37.2 Å². The molecule has 0 spiro atoms. The first-order chi connectivity index (χ1) is 26.7. The molecule has 0 radical (unpaired) electrons. The van der Waals surface area contributed by atoms with Crippen LogP contribution in [0.15, 0.2) is 66.7 Å². The Kier molecular flexibility index (Phi) is 15.9. The van der Waals surface area contributed by atoms with Crippen molar-refractivity contribution in [2.24, 2.45) is 17.6 Å². The highest BCUT2D eigenvalue weighted by atomic mass is 16.5. The van der Waals surface area contributed by atoms with Crippen molar-refractivity contribution in [3.8, 4) is 0 Å². The normalized spacial score (nSPS) is 17.5. The van der Waals surface area contributed by atoms with Gasteiger partial charge in [-0.1, -0.05) is 88.7 Å². The molecule has 2 aromatic carbocycles. The molecule has 0 aliphatic carbocycles. The number of methoxy groups -OCH3 is 1. The Bertz CT molecular complexity index is 1840. The van der Waals surface area contributed by atoms with Crippen molar-refractivity contribution in [3.05, 3.63) is 78.0 Å². The summed E-state index contributed by atoms with van der Waals surface area (Å²) < 4.78 is 4.87. The lowest BCUT2D eigenvalue weighted by Crippen LogP contribution is -2.59. The molecule has 1 aliphatic heterocycles. The Morgan fingerprint density at radius 2 is 1.59 bits per heavy atom. The molecule has 3 aromatic rings. The Morgan fingerprint density at radius 3 is 2.25 bits per heavy atom. The maximum absolute atomic E-state index is 13.8. The van der Waals surface area contributed by atoms with Crippen LogP contribution in [-0.4, -0.2) is 107 Å². The fourth-order valence-corrected chi connectivity index (χ4v) is 6.80. The van der Waals surface area contributed by atoms with E-state index in [2.05, 4.69) is 26.3 Å². The maximum atomic E-state index is 13.8. The van der Waals surface area contributed by atoms with E-state index in [1.54, 1.807) is 32.0 Å². The predicted octanol–water partition coefficient (Wildman–Crippen LogP) is 1.61. The Hall–Kier alpha value is -5.41. The minimum atomic E-state index is -1.37. The number of rotatable bonds is 19. The van der Waals surface area contributed by atoms with E-state index in [1.165, 1.54) is 13.2 Å². The average molecular weight is 774 g/mol. The average Bonchev–Trinajstić information content (AvgIpc) is 3.65. The van der Waals surface area contributed by atoms with Crippen LogP contribution in [-0.2, 0) is 35.1 Å². The number of β-amino-alcohol motifs (C(OH)–C–C–N with tert-alkyl or cyclic N) is 1. The van der Waals surface area contributed by atoms with Gasteiger partial charge in [0.15, 0.2) is 0 Å². The van der Waals surface area contributed by atoms with Crippen LogP contribution >= 0.6 is 0 Å². The van der Waals surface area contributed by atoms with E-state index in [4.69, 9.17) is 10.5 Å². The number of benzene rings is 2. The first-order valence-electron chi connectivity index (χ1n) is 19.1. The molecule has 0 saturated carbocycles. The van der Waals surface area contributed by atoms with Crippen molar-refractivity contribution in [1.29, 1.82) is 0 Å². The number of ether oxygens (including phenoxy) is 1. The van der Waals surface area contributed by atoms with Crippen LogP contribution in [0.4, 0.5) is 0 Å². The number of aliphatic hydroxyl groups is 1. The summed E-state index contributed by atoms with van der Waals surface area (Å²) in [7, 11) is 1.25. The molecular weight excluding hydrogens is 718 g/mol. The topological polar surface area (TPSA) is 222 Å². The van der Waals surface area contributed by atoms with Gasteiger partial charge in [-0.3, -0.25) is 28.9 Å². The maximum Gasteiger partial charge on any atom is 0.328 e. The lowest BCUT2D eigenvalue weighted by atomic mass is 9.96. The van der Waals surface area contributed by atoms with Crippen molar-refractivity contribution >= 4 is 46.4 Å². The van der Waals surface area contributed by atoms with Crippen LogP contribution in [0.25, 0.3) is 10.9 Å². The van der Waals surface area contributed by atoms with Gasteiger partial charge in [-0.2, -0.15) is 0 Å². The second-order valence-electron chi connectivity index (χ2n) is 14.7. The highest BCUT2D eigenvalue weighted by Crippen LogP contribution is 2.21. The summed E-state index contributed by atoms with van der Waals surface area (Å²) in [5.41, 5.74) is 6.92. The number of nitrogens with zero attached hydrogens (tertiary/aromatic N) is 2. The predicted molar refractivity (Wildman–Crippen MR) is 210 cm³/mol.